The van der Waals surface area contributed by atoms with Gasteiger partial charge in [0.1, 0.15) is 6.04 Å². The van der Waals surface area contributed by atoms with E-state index in [1.807, 2.05) is 6.07 Å². The number of nitriles is 1. The predicted octanol–water partition coefficient (Wildman–Crippen LogP) is 5.62. The second-order valence-corrected chi connectivity index (χ2v) is 13.3. The molecular formula is C43H38N6O10. The van der Waals surface area contributed by atoms with Crippen LogP contribution in [0.2, 0.25) is 0 Å². The Morgan fingerprint density at radius 2 is 1.05 bits per heavy atom. The molecule has 59 heavy (non-hydrogen) atoms. The fraction of sp³-hybridized carbons (Fsp3) is 0.140. The van der Waals surface area contributed by atoms with Gasteiger partial charge in [0.2, 0.25) is 5.91 Å². The van der Waals surface area contributed by atoms with E-state index in [4.69, 9.17) is 15.1 Å². The summed E-state index contributed by atoms with van der Waals surface area (Å²) in [6.45, 7) is 4.70. The van der Waals surface area contributed by atoms with Gasteiger partial charge >= 0.3 is 5.97 Å². The van der Waals surface area contributed by atoms with Crippen LogP contribution in [0.25, 0.3) is 0 Å². The van der Waals surface area contributed by atoms with Crippen molar-refractivity contribution in [2.45, 2.75) is 39.0 Å². The Morgan fingerprint density at radius 1 is 0.593 bits per heavy atom. The Morgan fingerprint density at radius 3 is 1.54 bits per heavy atom. The van der Waals surface area contributed by atoms with Crippen LogP contribution in [0.4, 0.5) is 22.7 Å². The van der Waals surface area contributed by atoms with E-state index in [1.165, 1.54) is 116 Å². The number of ether oxygens (including phenoxy) is 1. The highest BCUT2D eigenvalue weighted by molar-refractivity contribution is 6.10. The molecule has 0 aliphatic rings. The summed E-state index contributed by atoms with van der Waals surface area (Å²) in [5.41, 5.74) is 1.85. The van der Waals surface area contributed by atoms with Crippen LogP contribution in [0.3, 0.4) is 0 Å². The zero-order valence-corrected chi connectivity index (χ0v) is 31.8. The monoisotopic (exact) mass is 798 g/mol. The maximum atomic E-state index is 13.3. The van der Waals surface area contributed by atoms with Crippen LogP contribution in [-0.2, 0) is 4.79 Å². The van der Waals surface area contributed by atoms with Crippen LogP contribution in [0, 0.1) is 11.3 Å². The van der Waals surface area contributed by atoms with Gasteiger partial charge in [-0.15, -0.1) is 0 Å². The number of aromatic hydroxyl groups is 1. The number of anilines is 4. The topological polar surface area (TPSA) is 256 Å². The summed E-state index contributed by atoms with van der Waals surface area (Å²) in [4.78, 5) is 76.2. The van der Waals surface area contributed by atoms with Crippen molar-refractivity contribution < 1.29 is 48.8 Å². The number of phenolic OH excluding ortho intramolecular Hbond substituents is 1. The van der Waals surface area contributed by atoms with E-state index in [0.717, 1.165) is 0 Å². The third-order valence-corrected chi connectivity index (χ3v) is 8.51. The number of phenols is 1. The van der Waals surface area contributed by atoms with Crippen LogP contribution in [0.5, 0.6) is 11.5 Å². The molecule has 0 saturated heterocycles. The van der Waals surface area contributed by atoms with E-state index >= 15 is 0 Å². The second-order valence-electron chi connectivity index (χ2n) is 13.3. The number of hydrogen-bond donors (Lipinski definition) is 8. The summed E-state index contributed by atoms with van der Waals surface area (Å²) in [5.74, 6) is -5.02. The van der Waals surface area contributed by atoms with Gasteiger partial charge in [-0.25, -0.2) is 4.79 Å². The van der Waals surface area contributed by atoms with Gasteiger partial charge in [-0.05, 0) is 130 Å². The molecule has 300 valence electrons. The van der Waals surface area contributed by atoms with E-state index in [0.29, 0.717) is 16.8 Å². The third-order valence-electron chi connectivity index (χ3n) is 8.51. The standard InChI is InChI=1S/C43H38N6O10/c1-23(2)59-37-34(21-20-33(36(37)51)41(55)46-31-18-12-29(13-19-31)43(57)58)48-39(53)27-8-16-32(17-9-27)47-42(56)35(24(3)50)49-40(54)28-10-14-30(15-11-28)45-38(52)26-6-4-25(22-44)5-7-26/h4-21,23-24,35,50-51H,1-3H3,(H,45,52)(H,46,55)(H,47,56)(H,48,53)(H,49,54)(H,57,58)/t24-,35-/m0/s1. The van der Waals surface area contributed by atoms with Crippen LogP contribution in [-0.4, -0.2) is 69.1 Å². The van der Waals surface area contributed by atoms with Crippen LogP contribution in [0.1, 0.15) is 78.1 Å². The zero-order valence-electron chi connectivity index (χ0n) is 31.8. The van der Waals surface area contributed by atoms with Crippen molar-refractivity contribution in [2.24, 2.45) is 0 Å². The molecule has 16 heteroatoms. The Labute approximate surface area is 337 Å². The minimum atomic E-state index is -1.38. The maximum absolute atomic E-state index is 13.3. The molecule has 0 aliphatic heterocycles. The van der Waals surface area contributed by atoms with Crippen LogP contribution in [0.15, 0.2) is 109 Å². The van der Waals surface area contributed by atoms with Crippen molar-refractivity contribution in [3.8, 4) is 17.6 Å². The number of aliphatic hydroxyl groups is 1. The molecule has 2 atom stereocenters. The number of aromatic carboxylic acids is 1. The minimum absolute atomic E-state index is 0.0255. The van der Waals surface area contributed by atoms with Crippen molar-refractivity contribution in [2.75, 3.05) is 21.3 Å². The summed E-state index contributed by atoms with van der Waals surface area (Å²) in [7, 11) is 0. The first-order valence-corrected chi connectivity index (χ1v) is 17.9. The fourth-order valence-electron chi connectivity index (χ4n) is 5.46. The van der Waals surface area contributed by atoms with Crippen molar-refractivity contribution in [1.82, 2.24) is 5.32 Å². The number of nitrogens with zero attached hydrogens (tertiary/aromatic N) is 1. The lowest BCUT2D eigenvalue weighted by Crippen LogP contribution is -2.50. The first-order valence-electron chi connectivity index (χ1n) is 17.9. The van der Waals surface area contributed by atoms with Crippen molar-refractivity contribution >= 4 is 58.3 Å². The lowest BCUT2D eigenvalue weighted by Gasteiger charge is -2.21. The van der Waals surface area contributed by atoms with E-state index in [2.05, 4.69) is 26.6 Å². The number of carbonyl (C=O) groups is 6. The molecule has 0 heterocycles. The van der Waals surface area contributed by atoms with Gasteiger partial charge in [-0.1, -0.05) is 0 Å². The molecule has 8 N–H and O–H groups in total. The number of carbonyl (C=O) groups excluding carboxylic acids is 5. The molecule has 0 unspecified atom stereocenters. The lowest BCUT2D eigenvalue weighted by molar-refractivity contribution is -0.120. The Hall–Kier alpha value is -8.03. The molecule has 0 bridgehead atoms. The average Bonchev–Trinajstić information content (AvgIpc) is 3.21. The Kier molecular flexibility index (Phi) is 13.4. The largest absolute Gasteiger partial charge is 0.504 e. The molecule has 0 radical (unpaired) electrons. The lowest BCUT2D eigenvalue weighted by atomic mass is 10.1. The number of hydrogen-bond acceptors (Lipinski definition) is 10. The average molecular weight is 799 g/mol. The quantitative estimate of drug-likeness (QED) is 0.0684. The van der Waals surface area contributed by atoms with E-state index < -0.39 is 59.5 Å². The number of amides is 5. The van der Waals surface area contributed by atoms with E-state index in [1.54, 1.807) is 13.8 Å². The zero-order chi connectivity index (χ0) is 42.8. The number of carboxylic acid groups (broad SMARTS) is 1. The number of carboxylic acids is 1. The Bertz CT molecular complexity index is 2420. The summed E-state index contributed by atoms with van der Waals surface area (Å²) >= 11 is 0. The van der Waals surface area contributed by atoms with Gasteiger partial charge in [-0.3, -0.25) is 24.0 Å². The van der Waals surface area contributed by atoms with Gasteiger partial charge in [0.05, 0.1) is 40.7 Å². The first-order chi connectivity index (χ1) is 28.1. The SMILES string of the molecule is CC(C)Oc1c(NC(=O)c2ccc(NC(=O)[C@@H](NC(=O)c3ccc(NC(=O)c4ccc(C#N)cc4)cc3)[C@H](C)O)cc2)ccc(C(=O)Nc2ccc(C(=O)O)cc2)c1O. The molecule has 0 saturated carbocycles. The third kappa shape index (κ3) is 10.8. The van der Waals surface area contributed by atoms with Gasteiger partial charge < -0.3 is 46.6 Å². The van der Waals surface area contributed by atoms with Gasteiger partial charge in [-0.2, -0.15) is 5.26 Å². The summed E-state index contributed by atoms with van der Waals surface area (Å²) in [5, 5.41) is 52.5. The highest BCUT2D eigenvalue weighted by Gasteiger charge is 2.27. The molecule has 16 nitrogen and oxygen atoms in total. The van der Waals surface area contributed by atoms with Crippen molar-refractivity contribution in [3.05, 3.63) is 143 Å². The molecule has 5 rings (SSSR count). The molecule has 0 aliphatic carbocycles. The van der Waals surface area contributed by atoms with Gasteiger partial charge in [0, 0.05) is 33.8 Å². The number of benzene rings is 5. The van der Waals surface area contributed by atoms with E-state index in [-0.39, 0.29) is 45.1 Å². The molecule has 0 spiro atoms. The van der Waals surface area contributed by atoms with Gasteiger partial charge in [0.15, 0.2) is 11.5 Å². The molecular weight excluding hydrogens is 761 g/mol. The van der Waals surface area contributed by atoms with Crippen molar-refractivity contribution in [3.63, 3.8) is 0 Å². The normalized spacial score (nSPS) is 11.6. The molecule has 0 fully saturated rings. The first kappa shape index (κ1) is 42.1. The summed E-state index contributed by atoms with van der Waals surface area (Å²) in [6, 6.07) is 26.3. The molecule has 5 amide bonds. The summed E-state index contributed by atoms with van der Waals surface area (Å²) in [6.07, 6.45) is -1.78. The number of aliphatic hydroxyl groups excluding tert-OH is 1. The highest BCUT2D eigenvalue weighted by Crippen LogP contribution is 2.39. The van der Waals surface area contributed by atoms with E-state index in [9.17, 15) is 39.0 Å². The minimum Gasteiger partial charge on any atom is -0.504 e. The van der Waals surface area contributed by atoms with Crippen LogP contribution >= 0.6 is 0 Å². The maximum Gasteiger partial charge on any atom is 0.335 e. The predicted molar refractivity (Wildman–Crippen MR) is 217 cm³/mol. The number of nitrogens with one attached hydrogen (secondary N) is 5. The smallest absolute Gasteiger partial charge is 0.335 e. The fourth-order valence-corrected chi connectivity index (χ4v) is 5.46. The van der Waals surface area contributed by atoms with Crippen LogP contribution < -0.4 is 31.3 Å². The van der Waals surface area contributed by atoms with Crippen molar-refractivity contribution in [1.29, 1.82) is 5.26 Å². The second kappa shape index (κ2) is 18.7. The molecule has 0 aromatic heterocycles. The highest BCUT2D eigenvalue weighted by atomic mass is 16.5. The van der Waals surface area contributed by atoms with Gasteiger partial charge in [0.25, 0.3) is 23.6 Å². The molecule has 5 aromatic carbocycles. The number of rotatable bonds is 14. The molecule has 5 aromatic rings. The summed E-state index contributed by atoms with van der Waals surface area (Å²) < 4.78 is 5.77. The Balaban J connectivity index is 1.20.